The van der Waals surface area contributed by atoms with Gasteiger partial charge in [-0.2, -0.15) is 10.5 Å². The van der Waals surface area contributed by atoms with Gasteiger partial charge in [0.1, 0.15) is 5.82 Å². The number of hydrogen-bond donors (Lipinski definition) is 0. The molecule has 22 heavy (non-hydrogen) atoms. The summed E-state index contributed by atoms with van der Waals surface area (Å²) in [6.45, 7) is 0. The zero-order chi connectivity index (χ0) is 15.8. The Balaban J connectivity index is 0.000000172. The molecule has 0 amide bonds. The Kier molecular flexibility index (Phi) is 4.95. The van der Waals surface area contributed by atoms with Crippen molar-refractivity contribution in [3.63, 3.8) is 0 Å². The molecule has 6 heteroatoms. The molecule has 0 aliphatic rings. The van der Waals surface area contributed by atoms with E-state index >= 15 is 0 Å². The largest absolute Gasteiger partial charge is 0.221 e. The molecule has 3 aromatic rings. The van der Waals surface area contributed by atoms with Gasteiger partial charge in [-0.15, -0.1) is 5.10 Å². The Morgan fingerprint density at radius 1 is 0.864 bits per heavy atom. The Labute approximate surface area is 126 Å². The van der Waals surface area contributed by atoms with Gasteiger partial charge < -0.3 is 0 Å². The van der Waals surface area contributed by atoms with Crippen molar-refractivity contribution in [2.45, 2.75) is 0 Å². The lowest BCUT2D eigenvalue weighted by Gasteiger charge is -1.97. The number of halogens is 1. The minimum Gasteiger partial charge on any atom is -0.221 e. The summed E-state index contributed by atoms with van der Waals surface area (Å²) < 4.78 is 13.8. The smallest absolute Gasteiger partial charge is 0.123 e. The molecule has 1 heterocycles. The molecule has 0 bridgehead atoms. The zero-order valence-corrected chi connectivity index (χ0v) is 11.4. The number of nitriles is 2. The van der Waals surface area contributed by atoms with E-state index in [1.165, 1.54) is 24.3 Å². The third-order valence-electron chi connectivity index (χ3n) is 2.66. The first-order valence-corrected chi connectivity index (χ1v) is 6.25. The van der Waals surface area contributed by atoms with E-state index in [1.807, 2.05) is 18.2 Å². The quantitative estimate of drug-likeness (QED) is 0.690. The average Bonchev–Trinajstić information content (AvgIpc) is 3.11. The van der Waals surface area contributed by atoms with Gasteiger partial charge in [0.2, 0.25) is 0 Å². The van der Waals surface area contributed by atoms with Gasteiger partial charge in [0.15, 0.2) is 0 Å². The van der Waals surface area contributed by atoms with Gasteiger partial charge in [-0.25, -0.2) is 9.07 Å². The van der Waals surface area contributed by atoms with E-state index in [0.29, 0.717) is 11.1 Å². The van der Waals surface area contributed by atoms with Gasteiger partial charge in [0, 0.05) is 0 Å². The normalized spacial score (nSPS) is 9.05. The molecule has 0 N–H and O–H groups in total. The molecule has 0 fully saturated rings. The summed E-state index contributed by atoms with van der Waals surface area (Å²) in [5, 5.41) is 24.3. The molecular weight excluding hydrogens is 281 g/mol. The fourth-order valence-corrected chi connectivity index (χ4v) is 1.56. The van der Waals surface area contributed by atoms with Crippen LogP contribution in [-0.2, 0) is 0 Å². The highest BCUT2D eigenvalue weighted by molar-refractivity contribution is 5.38. The molecule has 0 aliphatic heterocycles. The highest BCUT2D eigenvalue weighted by Gasteiger charge is 1.95. The van der Waals surface area contributed by atoms with Crippen molar-refractivity contribution in [2.75, 3.05) is 0 Å². The average molecular weight is 291 g/mol. The lowest BCUT2D eigenvalue weighted by atomic mass is 10.2. The van der Waals surface area contributed by atoms with E-state index in [2.05, 4.69) is 16.4 Å². The Bertz CT molecular complexity index is 794. The van der Waals surface area contributed by atoms with Crippen LogP contribution in [0.15, 0.2) is 60.9 Å². The van der Waals surface area contributed by atoms with E-state index < -0.39 is 0 Å². The molecule has 3 rings (SSSR count). The lowest BCUT2D eigenvalue weighted by Crippen LogP contribution is -1.94. The summed E-state index contributed by atoms with van der Waals surface area (Å²) >= 11 is 0. The third-order valence-corrected chi connectivity index (χ3v) is 2.66. The SMILES string of the molecule is N#Cc1ccc(-n2ccnn2)cc1.N#Cc1ccc(F)cc1. The Hall–Kier alpha value is -3.51. The van der Waals surface area contributed by atoms with Crippen LogP contribution < -0.4 is 0 Å². The molecule has 0 spiro atoms. The molecule has 1 aromatic heterocycles. The molecule has 0 unspecified atom stereocenters. The molecule has 106 valence electrons. The van der Waals surface area contributed by atoms with Crippen molar-refractivity contribution >= 4 is 0 Å². The minimum atomic E-state index is -0.311. The Morgan fingerprint density at radius 2 is 1.41 bits per heavy atom. The number of rotatable bonds is 1. The standard InChI is InChI=1S/C9H6N4.C7H4FN/c10-7-8-1-3-9(4-2-8)13-6-5-11-12-13;8-7-3-1-6(5-9)2-4-7/h1-6H;1-4H. The molecule has 0 saturated carbocycles. The fraction of sp³-hybridized carbons (Fsp3) is 0. The van der Waals surface area contributed by atoms with Crippen LogP contribution in [0.4, 0.5) is 4.39 Å². The molecule has 0 atom stereocenters. The second-order valence-electron chi connectivity index (χ2n) is 4.12. The molecule has 5 nitrogen and oxygen atoms in total. The maximum atomic E-state index is 12.1. The summed E-state index contributed by atoms with van der Waals surface area (Å²) in [5.41, 5.74) is 2.02. The van der Waals surface area contributed by atoms with Crippen LogP contribution in [0, 0.1) is 28.5 Å². The van der Waals surface area contributed by atoms with Crippen molar-refractivity contribution in [1.82, 2.24) is 15.0 Å². The maximum absolute atomic E-state index is 12.1. The molecule has 0 saturated heterocycles. The number of aromatic nitrogens is 3. The minimum absolute atomic E-state index is 0.311. The first kappa shape index (κ1) is 14.9. The predicted octanol–water partition coefficient (Wildman–Crippen LogP) is 2.84. The van der Waals surface area contributed by atoms with Crippen molar-refractivity contribution < 1.29 is 4.39 Å². The van der Waals surface area contributed by atoms with E-state index in [4.69, 9.17) is 10.5 Å². The van der Waals surface area contributed by atoms with E-state index in [-0.39, 0.29) is 5.82 Å². The highest BCUT2D eigenvalue weighted by atomic mass is 19.1. The second-order valence-corrected chi connectivity index (χ2v) is 4.12. The molecule has 0 radical (unpaired) electrons. The molecule has 2 aromatic carbocycles. The summed E-state index contributed by atoms with van der Waals surface area (Å²) in [4.78, 5) is 0. The number of benzene rings is 2. The van der Waals surface area contributed by atoms with Crippen molar-refractivity contribution in [3.8, 4) is 17.8 Å². The van der Waals surface area contributed by atoms with Crippen molar-refractivity contribution in [3.05, 3.63) is 77.9 Å². The van der Waals surface area contributed by atoms with Crippen molar-refractivity contribution in [1.29, 1.82) is 10.5 Å². The van der Waals surface area contributed by atoms with Crippen LogP contribution in [0.2, 0.25) is 0 Å². The van der Waals surface area contributed by atoms with E-state index in [1.54, 1.807) is 29.2 Å². The molecular formula is C16H10FN5. The fourth-order valence-electron chi connectivity index (χ4n) is 1.56. The Morgan fingerprint density at radius 3 is 1.86 bits per heavy atom. The van der Waals surface area contributed by atoms with Crippen LogP contribution in [0.5, 0.6) is 0 Å². The van der Waals surface area contributed by atoms with Crippen molar-refractivity contribution in [2.24, 2.45) is 0 Å². The third kappa shape index (κ3) is 3.99. The zero-order valence-electron chi connectivity index (χ0n) is 11.4. The van der Waals surface area contributed by atoms with Crippen LogP contribution in [0.1, 0.15) is 11.1 Å². The van der Waals surface area contributed by atoms with Gasteiger partial charge >= 0.3 is 0 Å². The van der Waals surface area contributed by atoms with Crippen LogP contribution in [-0.4, -0.2) is 15.0 Å². The predicted molar refractivity (Wildman–Crippen MR) is 77.2 cm³/mol. The number of hydrogen-bond acceptors (Lipinski definition) is 4. The van der Waals surface area contributed by atoms with Gasteiger partial charge in [-0.1, -0.05) is 5.21 Å². The first-order valence-electron chi connectivity index (χ1n) is 6.25. The lowest BCUT2D eigenvalue weighted by molar-refractivity contribution is 0.627. The highest BCUT2D eigenvalue weighted by Crippen LogP contribution is 2.06. The van der Waals surface area contributed by atoms with E-state index in [9.17, 15) is 4.39 Å². The summed E-state index contributed by atoms with van der Waals surface area (Å²) in [5.74, 6) is -0.311. The van der Waals surface area contributed by atoms with Gasteiger partial charge in [-0.05, 0) is 48.5 Å². The first-order chi connectivity index (χ1) is 10.7. The van der Waals surface area contributed by atoms with Gasteiger partial charge in [0.25, 0.3) is 0 Å². The summed E-state index contributed by atoms with van der Waals surface area (Å²) in [6.07, 6.45) is 3.36. The summed E-state index contributed by atoms with van der Waals surface area (Å²) in [6, 6.07) is 16.5. The molecule has 0 aliphatic carbocycles. The van der Waals surface area contributed by atoms with E-state index in [0.717, 1.165) is 5.69 Å². The van der Waals surface area contributed by atoms with Crippen LogP contribution in [0.3, 0.4) is 0 Å². The topological polar surface area (TPSA) is 78.3 Å². The van der Waals surface area contributed by atoms with Crippen LogP contribution >= 0.6 is 0 Å². The maximum Gasteiger partial charge on any atom is 0.123 e. The summed E-state index contributed by atoms with van der Waals surface area (Å²) in [7, 11) is 0. The number of nitrogens with zero attached hydrogens (tertiary/aromatic N) is 5. The van der Waals surface area contributed by atoms with Gasteiger partial charge in [0.05, 0.1) is 41.3 Å². The monoisotopic (exact) mass is 291 g/mol. The van der Waals surface area contributed by atoms with Gasteiger partial charge in [-0.3, -0.25) is 0 Å². The second kappa shape index (κ2) is 7.32. The van der Waals surface area contributed by atoms with Crippen LogP contribution in [0.25, 0.3) is 5.69 Å².